The molecular formula is C19H22N2O3. The second-order valence-corrected chi connectivity index (χ2v) is 5.93. The normalized spacial score (nSPS) is 10.6. The highest BCUT2D eigenvalue weighted by atomic mass is 16.5. The fourth-order valence-corrected chi connectivity index (χ4v) is 2.45. The van der Waals surface area contributed by atoms with E-state index in [0.29, 0.717) is 28.3 Å². The van der Waals surface area contributed by atoms with Gasteiger partial charge in [-0.2, -0.15) is 0 Å². The Morgan fingerprint density at radius 3 is 2.46 bits per heavy atom. The van der Waals surface area contributed by atoms with Crippen LogP contribution in [0.4, 0.5) is 5.69 Å². The average Bonchev–Trinajstić information content (AvgIpc) is 2.56. The third-order valence-corrected chi connectivity index (χ3v) is 3.85. The van der Waals surface area contributed by atoms with E-state index in [1.54, 1.807) is 32.2 Å². The molecule has 1 N–H and O–H groups in total. The number of ketones is 1. The first-order valence-electron chi connectivity index (χ1n) is 7.82. The molecule has 2 aromatic rings. The lowest BCUT2D eigenvalue weighted by Crippen LogP contribution is -2.17. The molecule has 0 bridgehead atoms. The Morgan fingerprint density at radius 2 is 1.88 bits per heavy atom. The van der Waals surface area contributed by atoms with Crippen LogP contribution in [-0.4, -0.2) is 23.8 Å². The molecule has 24 heavy (non-hydrogen) atoms. The molecule has 0 atom stereocenters. The van der Waals surface area contributed by atoms with Gasteiger partial charge in [0.2, 0.25) is 0 Å². The number of pyridine rings is 1. The van der Waals surface area contributed by atoms with Gasteiger partial charge in [0.25, 0.3) is 5.91 Å². The third-order valence-electron chi connectivity index (χ3n) is 3.85. The summed E-state index contributed by atoms with van der Waals surface area (Å²) in [5, 5.41) is 2.82. The van der Waals surface area contributed by atoms with Gasteiger partial charge in [0, 0.05) is 16.8 Å². The molecule has 1 amide bonds. The molecule has 5 heteroatoms. The molecule has 1 aromatic carbocycles. The summed E-state index contributed by atoms with van der Waals surface area (Å²) in [6.45, 7) is 7.31. The van der Waals surface area contributed by atoms with Gasteiger partial charge in [-0.15, -0.1) is 0 Å². The minimum atomic E-state index is -0.351. The molecule has 0 aliphatic heterocycles. The van der Waals surface area contributed by atoms with Gasteiger partial charge in [0.15, 0.2) is 5.78 Å². The first kappa shape index (κ1) is 17.7. The van der Waals surface area contributed by atoms with Crippen molar-refractivity contribution in [3.8, 4) is 5.75 Å². The minimum absolute atomic E-state index is 0.125. The van der Waals surface area contributed by atoms with E-state index >= 15 is 0 Å². The van der Waals surface area contributed by atoms with Crippen LogP contribution in [0, 0.1) is 6.92 Å². The van der Waals surface area contributed by atoms with Crippen molar-refractivity contribution in [3.05, 3.63) is 52.8 Å². The predicted octanol–water partition coefficient (Wildman–Crippen LogP) is 3.98. The quantitative estimate of drug-likeness (QED) is 0.844. The van der Waals surface area contributed by atoms with E-state index in [9.17, 15) is 9.59 Å². The Bertz CT molecular complexity index is 782. The van der Waals surface area contributed by atoms with E-state index in [4.69, 9.17) is 4.74 Å². The first-order valence-corrected chi connectivity index (χ1v) is 7.82. The molecule has 2 rings (SSSR count). The first-order chi connectivity index (χ1) is 11.3. The Hall–Kier alpha value is -2.69. The van der Waals surface area contributed by atoms with E-state index in [1.807, 2.05) is 26.0 Å². The summed E-state index contributed by atoms with van der Waals surface area (Å²) in [6, 6.07) is 8.73. The highest BCUT2D eigenvalue weighted by Crippen LogP contribution is 2.30. The Labute approximate surface area is 142 Å². The summed E-state index contributed by atoms with van der Waals surface area (Å²) in [5.74, 6) is 0.361. The van der Waals surface area contributed by atoms with E-state index in [1.165, 1.54) is 6.92 Å². The van der Waals surface area contributed by atoms with Crippen LogP contribution < -0.4 is 10.1 Å². The SMILES string of the molecule is COc1ccc(C(C)=O)c(NC(=O)c2cccc(C(C)C)n2)c1C. The molecule has 0 aliphatic rings. The molecular weight excluding hydrogens is 304 g/mol. The number of aromatic nitrogens is 1. The molecule has 1 aromatic heterocycles. The van der Waals surface area contributed by atoms with Gasteiger partial charge < -0.3 is 10.1 Å². The van der Waals surface area contributed by atoms with Crippen LogP contribution in [0.25, 0.3) is 0 Å². The van der Waals surface area contributed by atoms with Crippen LogP contribution in [-0.2, 0) is 0 Å². The average molecular weight is 326 g/mol. The summed E-state index contributed by atoms with van der Waals surface area (Å²) in [6.07, 6.45) is 0. The maximum Gasteiger partial charge on any atom is 0.274 e. The fourth-order valence-electron chi connectivity index (χ4n) is 2.45. The maximum absolute atomic E-state index is 12.6. The number of hydrogen-bond donors (Lipinski definition) is 1. The van der Waals surface area contributed by atoms with Crippen LogP contribution in [0.1, 0.15) is 58.8 Å². The second kappa shape index (κ2) is 7.25. The zero-order valence-corrected chi connectivity index (χ0v) is 14.6. The number of carbonyl (C=O) groups excluding carboxylic acids is 2. The number of carbonyl (C=O) groups is 2. The second-order valence-electron chi connectivity index (χ2n) is 5.93. The molecule has 126 valence electrons. The molecule has 0 fully saturated rings. The van der Waals surface area contributed by atoms with Crippen molar-refractivity contribution in [2.45, 2.75) is 33.6 Å². The smallest absolute Gasteiger partial charge is 0.274 e. The number of nitrogens with zero attached hydrogens (tertiary/aromatic N) is 1. The zero-order chi connectivity index (χ0) is 17.9. The molecule has 1 heterocycles. The van der Waals surface area contributed by atoms with E-state index in [0.717, 1.165) is 5.69 Å². The van der Waals surface area contributed by atoms with Crippen molar-refractivity contribution in [2.24, 2.45) is 0 Å². The molecule has 0 saturated heterocycles. The molecule has 0 unspecified atom stereocenters. The Morgan fingerprint density at radius 1 is 1.17 bits per heavy atom. The van der Waals surface area contributed by atoms with E-state index < -0.39 is 0 Å². The standard InChI is InChI=1S/C19H22N2O3/c1-11(2)15-7-6-8-16(20-15)19(23)21-18-12(3)17(24-5)10-9-14(18)13(4)22/h6-11H,1-5H3,(H,21,23). The van der Waals surface area contributed by atoms with Gasteiger partial charge in [0.05, 0.1) is 12.8 Å². The zero-order valence-electron chi connectivity index (χ0n) is 14.6. The van der Waals surface area contributed by atoms with Crippen molar-refractivity contribution in [3.63, 3.8) is 0 Å². The van der Waals surface area contributed by atoms with Crippen molar-refractivity contribution in [1.29, 1.82) is 0 Å². The molecule has 0 saturated carbocycles. The lowest BCUT2D eigenvalue weighted by Gasteiger charge is -2.15. The summed E-state index contributed by atoms with van der Waals surface area (Å²) in [4.78, 5) is 28.8. The van der Waals surface area contributed by atoms with E-state index in [-0.39, 0.29) is 17.6 Å². The Kier molecular flexibility index (Phi) is 5.34. The van der Waals surface area contributed by atoms with Crippen molar-refractivity contribution < 1.29 is 14.3 Å². The number of Topliss-reactive ketones (excluding diaryl/α,β-unsaturated/α-hetero) is 1. The number of benzene rings is 1. The van der Waals surface area contributed by atoms with Gasteiger partial charge in [-0.3, -0.25) is 9.59 Å². The number of hydrogen-bond acceptors (Lipinski definition) is 4. The summed E-state index contributed by atoms with van der Waals surface area (Å²) in [5.41, 5.74) is 2.78. The van der Waals surface area contributed by atoms with Gasteiger partial charge in [-0.25, -0.2) is 4.98 Å². The number of methoxy groups -OCH3 is 1. The van der Waals surface area contributed by atoms with Crippen LogP contribution in [0.5, 0.6) is 5.75 Å². The van der Waals surface area contributed by atoms with Crippen LogP contribution >= 0.6 is 0 Å². The lowest BCUT2D eigenvalue weighted by atomic mass is 10.0. The van der Waals surface area contributed by atoms with Crippen LogP contribution in [0.2, 0.25) is 0 Å². The van der Waals surface area contributed by atoms with Crippen molar-refractivity contribution >= 4 is 17.4 Å². The number of nitrogens with one attached hydrogen (secondary N) is 1. The minimum Gasteiger partial charge on any atom is -0.496 e. The number of ether oxygens (including phenoxy) is 1. The third kappa shape index (κ3) is 3.62. The van der Waals surface area contributed by atoms with Crippen LogP contribution in [0.15, 0.2) is 30.3 Å². The van der Waals surface area contributed by atoms with Gasteiger partial charge in [-0.1, -0.05) is 19.9 Å². The molecule has 0 spiro atoms. The van der Waals surface area contributed by atoms with Gasteiger partial charge in [-0.05, 0) is 44.0 Å². The topological polar surface area (TPSA) is 68.3 Å². The summed E-state index contributed by atoms with van der Waals surface area (Å²) >= 11 is 0. The molecule has 5 nitrogen and oxygen atoms in total. The predicted molar refractivity (Wildman–Crippen MR) is 94.0 cm³/mol. The van der Waals surface area contributed by atoms with Crippen LogP contribution in [0.3, 0.4) is 0 Å². The number of amides is 1. The highest BCUT2D eigenvalue weighted by molar-refractivity contribution is 6.09. The number of rotatable bonds is 5. The summed E-state index contributed by atoms with van der Waals surface area (Å²) < 4.78 is 5.28. The Balaban J connectivity index is 2.41. The molecule has 0 aliphatic carbocycles. The van der Waals surface area contributed by atoms with Crippen molar-refractivity contribution in [1.82, 2.24) is 4.98 Å². The lowest BCUT2D eigenvalue weighted by molar-refractivity contribution is 0.101. The highest BCUT2D eigenvalue weighted by Gasteiger charge is 2.18. The molecule has 0 radical (unpaired) electrons. The van der Waals surface area contributed by atoms with Gasteiger partial charge in [0.1, 0.15) is 11.4 Å². The fraction of sp³-hybridized carbons (Fsp3) is 0.316. The van der Waals surface area contributed by atoms with Crippen molar-refractivity contribution in [2.75, 3.05) is 12.4 Å². The summed E-state index contributed by atoms with van der Waals surface area (Å²) in [7, 11) is 1.55. The monoisotopic (exact) mass is 326 g/mol. The maximum atomic E-state index is 12.6. The number of anilines is 1. The van der Waals surface area contributed by atoms with Gasteiger partial charge >= 0.3 is 0 Å². The van der Waals surface area contributed by atoms with E-state index in [2.05, 4.69) is 10.3 Å². The largest absolute Gasteiger partial charge is 0.496 e.